The summed E-state index contributed by atoms with van der Waals surface area (Å²) in [7, 11) is 0. The zero-order valence-corrected chi connectivity index (χ0v) is 14.5. The molecule has 0 aromatic heterocycles. The largest absolute Gasteiger partial charge is 0.444 e. The van der Waals surface area contributed by atoms with Gasteiger partial charge in [-0.2, -0.15) is 0 Å². The van der Waals surface area contributed by atoms with E-state index in [9.17, 15) is 9.59 Å². The zero-order valence-electron chi connectivity index (χ0n) is 14.5. The van der Waals surface area contributed by atoms with Gasteiger partial charge in [0.15, 0.2) is 0 Å². The van der Waals surface area contributed by atoms with Crippen molar-refractivity contribution >= 4 is 12.0 Å². The molecule has 1 aliphatic rings. The lowest BCUT2D eigenvalue weighted by atomic mass is 10.0. The van der Waals surface area contributed by atoms with Crippen molar-refractivity contribution in [1.29, 1.82) is 0 Å². The Labute approximate surface area is 143 Å². The molecule has 0 radical (unpaired) electrons. The first kappa shape index (κ1) is 17.9. The average Bonchev–Trinajstić information content (AvgIpc) is 2.53. The van der Waals surface area contributed by atoms with E-state index in [1.54, 1.807) is 29.2 Å². The molecule has 5 nitrogen and oxygen atoms in total. The fourth-order valence-electron chi connectivity index (χ4n) is 2.63. The fraction of sp³-hybridized carbons (Fsp3) is 0.474. The Morgan fingerprint density at radius 2 is 1.96 bits per heavy atom. The summed E-state index contributed by atoms with van der Waals surface area (Å²) < 4.78 is 5.26. The molecular weight excluding hydrogens is 304 g/mol. The predicted molar refractivity (Wildman–Crippen MR) is 92.7 cm³/mol. The molecule has 1 N–H and O–H groups in total. The second-order valence-electron chi connectivity index (χ2n) is 6.94. The number of benzene rings is 1. The number of nitrogens with zero attached hydrogens (tertiary/aromatic N) is 1. The van der Waals surface area contributed by atoms with Gasteiger partial charge < -0.3 is 15.0 Å². The van der Waals surface area contributed by atoms with Crippen LogP contribution in [0.3, 0.4) is 0 Å². The van der Waals surface area contributed by atoms with Crippen LogP contribution >= 0.6 is 0 Å². The van der Waals surface area contributed by atoms with Crippen molar-refractivity contribution < 1.29 is 14.3 Å². The van der Waals surface area contributed by atoms with Gasteiger partial charge in [0.2, 0.25) is 0 Å². The summed E-state index contributed by atoms with van der Waals surface area (Å²) >= 11 is 0. The molecule has 1 aromatic carbocycles. The number of piperidine rings is 1. The Hall–Kier alpha value is -2.48. The minimum absolute atomic E-state index is 0.0252. The van der Waals surface area contributed by atoms with Gasteiger partial charge in [-0.3, -0.25) is 4.79 Å². The van der Waals surface area contributed by atoms with E-state index < -0.39 is 11.7 Å². The van der Waals surface area contributed by atoms with Gasteiger partial charge >= 0.3 is 6.09 Å². The number of carbonyl (C=O) groups is 2. The Morgan fingerprint density at radius 1 is 1.29 bits per heavy atom. The van der Waals surface area contributed by atoms with Crippen LogP contribution in [0.5, 0.6) is 0 Å². The summed E-state index contributed by atoms with van der Waals surface area (Å²) in [5.41, 5.74) is 0.786. The van der Waals surface area contributed by atoms with E-state index in [0.29, 0.717) is 37.1 Å². The SMILES string of the molecule is C#Cc1cccc(C(=O)N2CCC(NC(=O)OC(C)(C)C)CC2)c1. The molecule has 0 spiro atoms. The van der Waals surface area contributed by atoms with Crippen LogP contribution in [-0.2, 0) is 4.74 Å². The van der Waals surface area contributed by atoms with Crippen LogP contribution < -0.4 is 5.32 Å². The lowest BCUT2D eigenvalue weighted by Crippen LogP contribution is -2.47. The summed E-state index contributed by atoms with van der Waals surface area (Å²) in [5.74, 6) is 2.52. The molecule has 1 fully saturated rings. The fourth-order valence-corrected chi connectivity index (χ4v) is 2.63. The van der Waals surface area contributed by atoms with Crippen LogP contribution in [0, 0.1) is 12.3 Å². The van der Waals surface area contributed by atoms with Crippen LogP contribution in [0.4, 0.5) is 4.79 Å². The highest BCUT2D eigenvalue weighted by Crippen LogP contribution is 2.16. The molecule has 128 valence electrons. The normalized spacial score (nSPS) is 15.5. The molecule has 0 aliphatic carbocycles. The zero-order chi connectivity index (χ0) is 17.7. The molecule has 2 amide bonds. The summed E-state index contributed by atoms with van der Waals surface area (Å²) in [6.07, 6.45) is 6.39. The summed E-state index contributed by atoms with van der Waals surface area (Å²) in [6, 6.07) is 7.12. The first-order valence-electron chi connectivity index (χ1n) is 8.14. The van der Waals surface area contributed by atoms with Crippen LogP contribution in [0.25, 0.3) is 0 Å². The van der Waals surface area contributed by atoms with Gasteiger partial charge in [-0.1, -0.05) is 12.0 Å². The van der Waals surface area contributed by atoms with Crippen LogP contribution in [0.2, 0.25) is 0 Å². The van der Waals surface area contributed by atoms with Crippen LogP contribution in [0.15, 0.2) is 24.3 Å². The molecule has 2 rings (SSSR count). The van der Waals surface area contributed by atoms with Gasteiger partial charge in [0.1, 0.15) is 5.60 Å². The Balaban J connectivity index is 1.87. The molecule has 1 saturated heterocycles. The molecule has 1 aromatic rings. The number of nitrogens with one attached hydrogen (secondary N) is 1. The van der Waals surface area contributed by atoms with Crippen molar-refractivity contribution in [2.24, 2.45) is 0 Å². The smallest absolute Gasteiger partial charge is 0.407 e. The van der Waals surface area contributed by atoms with Gasteiger partial charge in [0, 0.05) is 30.3 Å². The average molecular weight is 328 g/mol. The minimum Gasteiger partial charge on any atom is -0.444 e. The molecule has 1 heterocycles. The first-order valence-corrected chi connectivity index (χ1v) is 8.14. The van der Waals surface area contributed by atoms with Crippen molar-refractivity contribution in [2.45, 2.75) is 45.3 Å². The third-order valence-corrected chi connectivity index (χ3v) is 3.78. The third kappa shape index (κ3) is 5.02. The van der Waals surface area contributed by atoms with Crippen molar-refractivity contribution in [3.8, 4) is 12.3 Å². The topological polar surface area (TPSA) is 58.6 Å². The standard InChI is InChI=1S/C19H24N2O3/c1-5-14-7-6-8-15(13-14)17(22)21-11-9-16(10-12-21)20-18(23)24-19(2,3)4/h1,6-8,13,16H,9-12H2,2-4H3,(H,20,23). The van der Waals surface area contributed by atoms with E-state index in [1.807, 2.05) is 20.8 Å². The number of ether oxygens (including phenoxy) is 1. The highest BCUT2D eigenvalue weighted by atomic mass is 16.6. The second-order valence-corrected chi connectivity index (χ2v) is 6.94. The Kier molecular flexibility index (Phi) is 5.50. The number of likely N-dealkylation sites (tertiary alicyclic amines) is 1. The van der Waals surface area contributed by atoms with E-state index in [2.05, 4.69) is 11.2 Å². The van der Waals surface area contributed by atoms with Crippen molar-refractivity contribution in [3.63, 3.8) is 0 Å². The van der Waals surface area contributed by atoms with Gasteiger partial charge in [-0.15, -0.1) is 6.42 Å². The molecule has 0 saturated carbocycles. The Bertz CT molecular complexity index is 647. The number of hydrogen-bond acceptors (Lipinski definition) is 3. The highest BCUT2D eigenvalue weighted by molar-refractivity contribution is 5.94. The van der Waals surface area contributed by atoms with Crippen LogP contribution in [0.1, 0.15) is 49.5 Å². The van der Waals surface area contributed by atoms with E-state index in [-0.39, 0.29) is 11.9 Å². The summed E-state index contributed by atoms with van der Waals surface area (Å²) in [4.78, 5) is 26.1. The number of terminal acetylenes is 1. The number of hydrogen-bond donors (Lipinski definition) is 1. The third-order valence-electron chi connectivity index (χ3n) is 3.78. The number of alkyl carbamates (subject to hydrolysis) is 1. The van der Waals surface area contributed by atoms with Gasteiger partial charge in [0.25, 0.3) is 5.91 Å². The quantitative estimate of drug-likeness (QED) is 0.849. The van der Waals surface area contributed by atoms with Crippen molar-refractivity contribution in [3.05, 3.63) is 35.4 Å². The highest BCUT2D eigenvalue weighted by Gasteiger charge is 2.26. The van der Waals surface area contributed by atoms with Gasteiger partial charge in [-0.25, -0.2) is 4.79 Å². The van der Waals surface area contributed by atoms with E-state index in [0.717, 1.165) is 0 Å². The van der Waals surface area contributed by atoms with Crippen molar-refractivity contribution in [2.75, 3.05) is 13.1 Å². The number of amides is 2. The molecule has 1 aliphatic heterocycles. The number of rotatable bonds is 2. The lowest BCUT2D eigenvalue weighted by molar-refractivity contribution is 0.0473. The second kappa shape index (κ2) is 7.39. The monoisotopic (exact) mass is 328 g/mol. The number of carbonyl (C=O) groups excluding carboxylic acids is 2. The summed E-state index contributed by atoms with van der Waals surface area (Å²) in [5, 5.41) is 2.87. The predicted octanol–water partition coefficient (Wildman–Crippen LogP) is 2.80. The Morgan fingerprint density at radius 3 is 2.54 bits per heavy atom. The first-order chi connectivity index (χ1) is 11.3. The molecule has 24 heavy (non-hydrogen) atoms. The molecule has 5 heteroatoms. The van der Waals surface area contributed by atoms with E-state index in [1.165, 1.54) is 0 Å². The molecule has 0 atom stereocenters. The van der Waals surface area contributed by atoms with Gasteiger partial charge in [0.05, 0.1) is 0 Å². The minimum atomic E-state index is -0.511. The maximum Gasteiger partial charge on any atom is 0.407 e. The van der Waals surface area contributed by atoms with Gasteiger partial charge in [-0.05, 0) is 51.8 Å². The maximum atomic E-state index is 12.5. The maximum absolute atomic E-state index is 12.5. The summed E-state index contributed by atoms with van der Waals surface area (Å²) in [6.45, 7) is 6.69. The molecule has 0 bridgehead atoms. The van der Waals surface area contributed by atoms with Crippen LogP contribution in [-0.4, -0.2) is 41.6 Å². The lowest BCUT2D eigenvalue weighted by Gasteiger charge is -2.33. The van der Waals surface area contributed by atoms with E-state index >= 15 is 0 Å². The molecule has 0 unspecified atom stereocenters. The molecular formula is C19H24N2O3. The van der Waals surface area contributed by atoms with Crippen molar-refractivity contribution in [1.82, 2.24) is 10.2 Å². The van der Waals surface area contributed by atoms with E-state index in [4.69, 9.17) is 11.2 Å².